The van der Waals surface area contributed by atoms with Gasteiger partial charge in [-0.25, -0.2) is 9.97 Å². The fraction of sp³-hybridized carbons (Fsp3) is 0.294. The van der Waals surface area contributed by atoms with Crippen molar-refractivity contribution in [1.29, 1.82) is 0 Å². The van der Waals surface area contributed by atoms with Gasteiger partial charge in [-0.15, -0.1) is 10.2 Å². The maximum atomic E-state index is 10.1. The molecule has 2 N–H and O–H groups in total. The Kier molecular flexibility index (Phi) is 3.82. The molecular formula is C17H19N5O. The summed E-state index contributed by atoms with van der Waals surface area (Å²) >= 11 is 0. The van der Waals surface area contributed by atoms with Gasteiger partial charge >= 0.3 is 0 Å². The first-order chi connectivity index (χ1) is 10.9. The molecule has 23 heavy (non-hydrogen) atoms. The van der Waals surface area contributed by atoms with Gasteiger partial charge in [-0.2, -0.15) is 0 Å². The van der Waals surface area contributed by atoms with Crippen molar-refractivity contribution in [3.8, 4) is 5.88 Å². The van der Waals surface area contributed by atoms with Gasteiger partial charge in [0.25, 0.3) is 5.95 Å². The number of aryl methyl sites for hydroxylation is 2. The zero-order valence-electron chi connectivity index (χ0n) is 13.6. The summed E-state index contributed by atoms with van der Waals surface area (Å²) in [5.74, 6) is 0.675. The molecule has 0 spiro atoms. The van der Waals surface area contributed by atoms with Crippen molar-refractivity contribution in [2.75, 3.05) is 0 Å². The second kappa shape index (κ2) is 5.79. The third kappa shape index (κ3) is 3.06. The Balaban J connectivity index is 2.06. The van der Waals surface area contributed by atoms with Gasteiger partial charge in [0.1, 0.15) is 0 Å². The highest BCUT2D eigenvalue weighted by molar-refractivity contribution is 5.94. The number of nitrogens with one attached hydrogen (secondary N) is 1. The summed E-state index contributed by atoms with van der Waals surface area (Å²) in [5.41, 5.74) is 4.07. The molecule has 2 heterocycles. The van der Waals surface area contributed by atoms with E-state index >= 15 is 0 Å². The SMILES string of the molecule is Cc1cc(C)nc(N=Nc2c(O)[nH]c3ccc(C(C)C)cc23)n1. The van der Waals surface area contributed by atoms with Crippen LogP contribution in [0, 0.1) is 13.8 Å². The van der Waals surface area contributed by atoms with E-state index in [1.165, 1.54) is 5.56 Å². The molecule has 0 aliphatic carbocycles. The summed E-state index contributed by atoms with van der Waals surface area (Å²) < 4.78 is 0. The molecule has 118 valence electrons. The standard InChI is InChI=1S/C17H19N5O/c1-9(2)12-5-6-14-13(8-12)15(16(23)20-14)21-22-17-18-10(3)7-11(4)19-17/h5-9,20,23H,1-4H3. The van der Waals surface area contributed by atoms with Gasteiger partial charge in [-0.1, -0.05) is 19.9 Å². The Bertz CT molecular complexity index is 875. The average molecular weight is 309 g/mol. The molecule has 0 bridgehead atoms. The molecule has 0 unspecified atom stereocenters. The van der Waals surface area contributed by atoms with Crippen LogP contribution in [-0.2, 0) is 0 Å². The number of H-pyrrole nitrogens is 1. The highest BCUT2D eigenvalue weighted by Gasteiger charge is 2.12. The second-order valence-electron chi connectivity index (χ2n) is 5.93. The Hall–Kier alpha value is -2.76. The molecule has 0 aliphatic rings. The predicted octanol–water partition coefficient (Wildman–Crippen LogP) is 4.82. The molecule has 0 aliphatic heterocycles. The van der Waals surface area contributed by atoms with Crippen LogP contribution in [0.15, 0.2) is 34.5 Å². The molecule has 6 heteroatoms. The summed E-state index contributed by atoms with van der Waals surface area (Å²) in [6.07, 6.45) is 0. The van der Waals surface area contributed by atoms with E-state index in [0.29, 0.717) is 11.6 Å². The highest BCUT2D eigenvalue weighted by Crippen LogP contribution is 2.37. The molecule has 2 aromatic heterocycles. The lowest BCUT2D eigenvalue weighted by molar-refractivity contribution is 0.459. The largest absolute Gasteiger partial charge is 0.493 e. The number of azo groups is 1. The Labute approximate surface area is 134 Å². The number of benzene rings is 1. The van der Waals surface area contributed by atoms with Crippen LogP contribution in [0.4, 0.5) is 11.6 Å². The van der Waals surface area contributed by atoms with Gasteiger partial charge in [-0.05, 0) is 43.5 Å². The average Bonchev–Trinajstić information content (AvgIpc) is 2.78. The van der Waals surface area contributed by atoms with E-state index in [2.05, 4.69) is 39.0 Å². The molecule has 3 rings (SSSR count). The molecule has 6 nitrogen and oxygen atoms in total. The van der Waals surface area contributed by atoms with E-state index < -0.39 is 0 Å². The quantitative estimate of drug-likeness (QED) is 0.680. The van der Waals surface area contributed by atoms with Crippen molar-refractivity contribution < 1.29 is 5.11 Å². The van der Waals surface area contributed by atoms with Crippen LogP contribution in [0.3, 0.4) is 0 Å². The van der Waals surface area contributed by atoms with Crippen LogP contribution < -0.4 is 0 Å². The molecule has 3 aromatic rings. The molecule has 0 amide bonds. The minimum Gasteiger partial charge on any atom is -0.493 e. The minimum atomic E-state index is -0.00553. The fourth-order valence-corrected chi connectivity index (χ4v) is 2.49. The first-order valence-electron chi connectivity index (χ1n) is 7.52. The number of hydrogen-bond donors (Lipinski definition) is 2. The molecular weight excluding hydrogens is 290 g/mol. The van der Waals surface area contributed by atoms with Gasteiger partial charge in [0.15, 0.2) is 5.69 Å². The molecule has 0 saturated carbocycles. The summed E-state index contributed by atoms with van der Waals surface area (Å²) in [7, 11) is 0. The number of rotatable bonds is 3. The molecule has 0 atom stereocenters. The number of aromatic nitrogens is 3. The van der Waals surface area contributed by atoms with E-state index in [4.69, 9.17) is 0 Å². The number of aromatic amines is 1. The maximum Gasteiger partial charge on any atom is 0.269 e. The van der Waals surface area contributed by atoms with Crippen LogP contribution in [0.25, 0.3) is 10.9 Å². The smallest absolute Gasteiger partial charge is 0.269 e. The Morgan fingerprint density at radius 2 is 1.74 bits per heavy atom. The number of fused-ring (bicyclic) bond motifs is 1. The van der Waals surface area contributed by atoms with Gasteiger partial charge in [0.05, 0.1) is 5.52 Å². The van der Waals surface area contributed by atoms with Gasteiger partial charge < -0.3 is 10.1 Å². The molecule has 0 fully saturated rings. The summed E-state index contributed by atoms with van der Waals surface area (Å²) in [4.78, 5) is 11.4. The molecule has 1 aromatic carbocycles. The fourth-order valence-electron chi connectivity index (χ4n) is 2.49. The summed E-state index contributed by atoms with van der Waals surface area (Å²) in [6.45, 7) is 8.01. The third-order valence-electron chi connectivity index (χ3n) is 3.65. The zero-order chi connectivity index (χ0) is 16.6. The van der Waals surface area contributed by atoms with Crippen LogP contribution in [0.5, 0.6) is 5.88 Å². The molecule has 0 saturated heterocycles. The molecule has 0 radical (unpaired) electrons. The van der Waals surface area contributed by atoms with E-state index in [9.17, 15) is 5.11 Å². The number of aromatic hydroxyl groups is 1. The predicted molar refractivity (Wildman–Crippen MR) is 89.7 cm³/mol. The van der Waals surface area contributed by atoms with Gasteiger partial charge in [0.2, 0.25) is 5.88 Å². The lowest BCUT2D eigenvalue weighted by atomic mass is 10.0. The Morgan fingerprint density at radius 1 is 1.04 bits per heavy atom. The number of hydrogen-bond acceptors (Lipinski definition) is 5. The second-order valence-corrected chi connectivity index (χ2v) is 5.93. The van der Waals surface area contributed by atoms with E-state index in [0.717, 1.165) is 22.3 Å². The van der Waals surface area contributed by atoms with Gasteiger partial charge in [0, 0.05) is 16.8 Å². The minimum absolute atomic E-state index is 0.00553. The maximum absolute atomic E-state index is 10.1. The van der Waals surface area contributed by atoms with Crippen LogP contribution >= 0.6 is 0 Å². The number of nitrogens with zero attached hydrogens (tertiary/aromatic N) is 4. The Morgan fingerprint density at radius 3 is 2.39 bits per heavy atom. The van der Waals surface area contributed by atoms with E-state index in [1.807, 2.05) is 38.1 Å². The summed E-state index contributed by atoms with van der Waals surface area (Å²) in [6, 6.07) is 7.87. The van der Waals surface area contributed by atoms with Crippen molar-refractivity contribution >= 4 is 22.5 Å². The van der Waals surface area contributed by atoms with Crippen molar-refractivity contribution in [3.63, 3.8) is 0 Å². The zero-order valence-corrected chi connectivity index (χ0v) is 13.6. The van der Waals surface area contributed by atoms with Crippen molar-refractivity contribution in [2.24, 2.45) is 10.2 Å². The van der Waals surface area contributed by atoms with Crippen LogP contribution in [-0.4, -0.2) is 20.1 Å². The monoisotopic (exact) mass is 309 g/mol. The van der Waals surface area contributed by atoms with Crippen LogP contribution in [0.2, 0.25) is 0 Å². The van der Waals surface area contributed by atoms with E-state index in [-0.39, 0.29) is 11.8 Å². The van der Waals surface area contributed by atoms with Crippen LogP contribution in [0.1, 0.15) is 36.7 Å². The van der Waals surface area contributed by atoms with Gasteiger partial charge in [-0.3, -0.25) is 0 Å². The van der Waals surface area contributed by atoms with Crippen molar-refractivity contribution in [2.45, 2.75) is 33.6 Å². The first kappa shape index (κ1) is 15.1. The lowest BCUT2D eigenvalue weighted by Gasteiger charge is -2.04. The normalized spacial score (nSPS) is 11.9. The third-order valence-corrected chi connectivity index (χ3v) is 3.65. The van der Waals surface area contributed by atoms with Crippen molar-refractivity contribution in [3.05, 3.63) is 41.2 Å². The lowest BCUT2D eigenvalue weighted by Crippen LogP contribution is -1.88. The topological polar surface area (TPSA) is 86.5 Å². The van der Waals surface area contributed by atoms with E-state index in [1.54, 1.807) is 0 Å². The summed E-state index contributed by atoms with van der Waals surface area (Å²) in [5, 5.41) is 19.2. The highest BCUT2D eigenvalue weighted by atomic mass is 16.3. The first-order valence-corrected chi connectivity index (χ1v) is 7.52. The van der Waals surface area contributed by atoms with Crippen molar-refractivity contribution in [1.82, 2.24) is 15.0 Å².